The topological polar surface area (TPSA) is 43.4 Å². The van der Waals surface area contributed by atoms with Gasteiger partial charge in [0.1, 0.15) is 23.0 Å². The Kier molecular flexibility index (Phi) is 10.3. The van der Waals surface area contributed by atoms with Gasteiger partial charge in [-0.05, 0) is 96.8 Å². The maximum Gasteiger partial charge on any atom is 0.120 e. The lowest BCUT2D eigenvalue weighted by atomic mass is 9.65. The summed E-state index contributed by atoms with van der Waals surface area (Å²) in [6.07, 6.45) is 5.87. The van der Waals surface area contributed by atoms with E-state index in [-0.39, 0.29) is 5.41 Å². The van der Waals surface area contributed by atoms with Crippen molar-refractivity contribution in [1.29, 1.82) is 0 Å². The van der Waals surface area contributed by atoms with Crippen LogP contribution in [0.2, 0.25) is 0 Å². The highest BCUT2D eigenvalue weighted by molar-refractivity contribution is 5.79. The summed E-state index contributed by atoms with van der Waals surface area (Å²) in [4.78, 5) is 4.51. The molecule has 0 saturated heterocycles. The molecule has 0 spiro atoms. The van der Waals surface area contributed by atoms with Crippen molar-refractivity contribution < 1.29 is 18.9 Å². The van der Waals surface area contributed by atoms with Crippen molar-refractivity contribution in [3.8, 4) is 23.0 Å². The van der Waals surface area contributed by atoms with Crippen molar-refractivity contribution in [3.63, 3.8) is 0 Å². The first-order chi connectivity index (χ1) is 25.5. The molecule has 264 valence electrons. The Morgan fingerprint density at radius 3 is 0.962 bits per heavy atom. The Balaban J connectivity index is 1.27. The van der Waals surface area contributed by atoms with Crippen molar-refractivity contribution >= 4 is 34.1 Å². The van der Waals surface area contributed by atoms with Crippen LogP contribution in [0.5, 0.6) is 23.0 Å². The molecule has 1 fully saturated rings. The van der Waals surface area contributed by atoms with Crippen LogP contribution < -0.4 is 28.7 Å². The Bertz CT molecular complexity index is 1850. The first-order valence-corrected chi connectivity index (χ1v) is 17.9. The number of hydrogen-bond acceptors (Lipinski definition) is 6. The number of anilines is 6. The molecule has 1 aliphatic rings. The van der Waals surface area contributed by atoms with Crippen LogP contribution in [0.25, 0.3) is 0 Å². The van der Waals surface area contributed by atoms with Gasteiger partial charge in [0.2, 0.25) is 0 Å². The van der Waals surface area contributed by atoms with E-state index in [1.165, 1.54) is 30.4 Å². The molecule has 0 unspecified atom stereocenters. The molecule has 0 radical (unpaired) electrons. The van der Waals surface area contributed by atoms with Gasteiger partial charge in [0.15, 0.2) is 0 Å². The average Bonchev–Trinajstić information content (AvgIpc) is 3.22. The van der Waals surface area contributed by atoms with Crippen molar-refractivity contribution in [2.24, 2.45) is 0 Å². The minimum Gasteiger partial charge on any atom is -0.497 e. The molecule has 0 heterocycles. The van der Waals surface area contributed by atoms with Gasteiger partial charge >= 0.3 is 0 Å². The number of benzene rings is 6. The van der Waals surface area contributed by atoms with Gasteiger partial charge in [-0.3, -0.25) is 0 Å². The SMILES string of the molecule is COc1cccc(N(c2ccc(C3(c4ccc(N(c5cccc(OC)c5)c5cccc(OC)c5)cc4)CCCCC3)cc2)c2cccc(OC)c2)c1. The molecule has 7 rings (SSSR count). The zero-order chi connectivity index (χ0) is 35.9. The first kappa shape index (κ1) is 34.6. The monoisotopic (exact) mass is 690 g/mol. The van der Waals surface area contributed by atoms with E-state index < -0.39 is 0 Å². The van der Waals surface area contributed by atoms with Crippen LogP contribution >= 0.6 is 0 Å². The van der Waals surface area contributed by atoms with E-state index in [4.69, 9.17) is 18.9 Å². The zero-order valence-electron chi connectivity index (χ0n) is 30.4. The summed E-state index contributed by atoms with van der Waals surface area (Å²) in [5.41, 5.74) is 8.80. The van der Waals surface area contributed by atoms with Crippen LogP contribution in [0.3, 0.4) is 0 Å². The van der Waals surface area contributed by atoms with Crippen LogP contribution in [0.1, 0.15) is 43.2 Å². The van der Waals surface area contributed by atoms with Gasteiger partial charge in [0, 0.05) is 63.8 Å². The fraction of sp³-hybridized carbons (Fsp3) is 0.217. The Labute approximate surface area is 307 Å². The fourth-order valence-corrected chi connectivity index (χ4v) is 7.65. The Hall–Kier alpha value is -5.88. The van der Waals surface area contributed by atoms with E-state index >= 15 is 0 Å². The van der Waals surface area contributed by atoms with Gasteiger partial charge in [-0.15, -0.1) is 0 Å². The number of rotatable bonds is 12. The highest BCUT2D eigenvalue weighted by atomic mass is 16.5. The van der Waals surface area contributed by atoms with E-state index in [0.717, 1.165) is 70.0 Å². The molecule has 52 heavy (non-hydrogen) atoms. The zero-order valence-corrected chi connectivity index (χ0v) is 30.4. The van der Waals surface area contributed by atoms with E-state index in [1.54, 1.807) is 28.4 Å². The van der Waals surface area contributed by atoms with Gasteiger partial charge in [-0.1, -0.05) is 67.8 Å². The Morgan fingerprint density at radius 2 is 0.673 bits per heavy atom. The van der Waals surface area contributed by atoms with Gasteiger partial charge < -0.3 is 28.7 Å². The van der Waals surface area contributed by atoms with E-state index in [9.17, 15) is 0 Å². The maximum atomic E-state index is 5.61. The third kappa shape index (κ3) is 7.02. The molecule has 0 aliphatic heterocycles. The lowest BCUT2D eigenvalue weighted by molar-refractivity contribution is 0.346. The van der Waals surface area contributed by atoms with Gasteiger partial charge in [-0.2, -0.15) is 0 Å². The molecule has 6 aromatic rings. The quantitative estimate of drug-likeness (QED) is 0.127. The van der Waals surface area contributed by atoms with E-state index in [1.807, 2.05) is 48.5 Å². The van der Waals surface area contributed by atoms with Gasteiger partial charge in [-0.25, -0.2) is 0 Å². The molecule has 6 heteroatoms. The second-order valence-electron chi connectivity index (χ2n) is 13.2. The minimum absolute atomic E-state index is 0.0805. The molecular formula is C46H46N2O4. The summed E-state index contributed by atoms with van der Waals surface area (Å²) >= 11 is 0. The fourth-order valence-electron chi connectivity index (χ4n) is 7.65. The van der Waals surface area contributed by atoms with Gasteiger partial charge in [0.05, 0.1) is 28.4 Å². The highest BCUT2D eigenvalue weighted by Crippen LogP contribution is 2.47. The third-order valence-corrected chi connectivity index (χ3v) is 10.3. The van der Waals surface area contributed by atoms with Crippen molar-refractivity contribution in [1.82, 2.24) is 0 Å². The molecule has 0 bridgehead atoms. The summed E-state index contributed by atoms with van der Waals surface area (Å²) < 4.78 is 22.4. The van der Waals surface area contributed by atoms with Crippen LogP contribution in [0.15, 0.2) is 146 Å². The van der Waals surface area contributed by atoms with Crippen LogP contribution in [-0.2, 0) is 5.41 Å². The first-order valence-electron chi connectivity index (χ1n) is 17.9. The predicted molar refractivity (Wildman–Crippen MR) is 212 cm³/mol. The minimum atomic E-state index is -0.0805. The van der Waals surface area contributed by atoms with Gasteiger partial charge in [0.25, 0.3) is 0 Å². The predicted octanol–water partition coefficient (Wildman–Crippen LogP) is 11.9. The van der Waals surface area contributed by atoms with Crippen LogP contribution in [0, 0.1) is 0 Å². The molecule has 0 N–H and O–H groups in total. The molecule has 0 aromatic heterocycles. The van der Waals surface area contributed by atoms with Crippen molar-refractivity contribution in [2.75, 3.05) is 38.2 Å². The van der Waals surface area contributed by atoms with Crippen molar-refractivity contribution in [3.05, 3.63) is 157 Å². The van der Waals surface area contributed by atoms with Crippen LogP contribution in [-0.4, -0.2) is 28.4 Å². The van der Waals surface area contributed by atoms with E-state index in [2.05, 4.69) is 107 Å². The van der Waals surface area contributed by atoms with E-state index in [0.29, 0.717) is 0 Å². The molecule has 1 aliphatic carbocycles. The number of nitrogens with zero attached hydrogens (tertiary/aromatic N) is 2. The highest BCUT2D eigenvalue weighted by Gasteiger charge is 2.36. The normalized spacial score (nSPS) is 13.5. The molecule has 0 amide bonds. The standard InChI is InChI=1S/C46H46N2O4/c1-49-42-16-8-12-38(30-42)47(39-13-9-17-43(31-39)50-2)36-24-20-34(21-25-36)46(28-6-5-7-29-46)35-22-26-37(27-23-35)48(40-14-10-18-44(32-40)51-3)41-15-11-19-45(33-41)52-4/h8-27,30-33H,5-7,28-29H2,1-4H3. The summed E-state index contributed by atoms with van der Waals surface area (Å²) in [5, 5.41) is 0. The molecule has 1 saturated carbocycles. The summed E-state index contributed by atoms with van der Waals surface area (Å²) in [7, 11) is 6.81. The third-order valence-electron chi connectivity index (χ3n) is 10.3. The lowest BCUT2D eigenvalue weighted by Crippen LogP contribution is -2.30. The Morgan fingerprint density at radius 1 is 0.365 bits per heavy atom. The number of ether oxygens (including phenoxy) is 4. The number of methoxy groups -OCH3 is 4. The second kappa shape index (κ2) is 15.6. The molecule has 0 atom stereocenters. The summed E-state index contributed by atoms with van der Waals surface area (Å²) in [5.74, 6) is 3.23. The average molecular weight is 691 g/mol. The van der Waals surface area contributed by atoms with Crippen molar-refractivity contribution in [2.45, 2.75) is 37.5 Å². The van der Waals surface area contributed by atoms with Crippen LogP contribution in [0.4, 0.5) is 34.1 Å². The molecule has 6 nitrogen and oxygen atoms in total. The lowest BCUT2D eigenvalue weighted by Gasteiger charge is -2.39. The smallest absolute Gasteiger partial charge is 0.120 e. The number of hydrogen-bond donors (Lipinski definition) is 0. The second-order valence-corrected chi connectivity index (χ2v) is 13.2. The molecular weight excluding hydrogens is 645 g/mol. The largest absolute Gasteiger partial charge is 0.497 e. The molecule has 6 aromatic carbocycles. The maximum absolute atomic E-state index is 5.61. The summed E-state index contributed by atoms with van der Waals surface area (Å²) in [6, 6.07) is 51.1. The summed E-state index contributed by atoms with van der Waals surface area (Å²) in [6.45, 7) is 0.